The first-order valence-corrected chi connectivity index (χ1v) is 15.1. The lowest BCUT2D eigenvalue weighted by molar-refractivity contribution is -0.137. The Morgan fingerprint density at radius 2 is 1.72 bits per heavy atom. The van der Waals surface area contributed by atoms with Gasteiger partial charge in [-0.25, -0.2) is 0 Å². The third-order valence-corrected chi connectivity index (χ3v) is 8.84. The minimum atomic E-state index is -1.04. The van der Waals surface area contributed by atoms with E-state index in [0.717, 1.165) is 17.7 Å². The number of carbonyl (C=O) groups is 4. The Balaban J connectivity index is 1.44. The van der Waals surface area contributed by atoms with Gasteiger partial charge in [0.05, 0.1) is 35.5 Å². The van der Waals surface area contributed by atoms with Crippen molar-refractivity contribution in [3.63, 3.8) is 0 Å². The van der Waals surface area contributed by atoms with Crippen molar-refractivity contribution in [3.8, 4) is 6.07 Å². The largest absolute Gasteiger partial charge is 0.481 e. The zero-order valence-electron chi connectivity index (χ0n) is 23.9. The van der Waals surface area contributed by atoms with Crippen LogP contribution in [0.5, 0.6) is 0 Å². The highest BCUT2D eigenvalue weighted by Gasteiger charge is 2.39. The molecule has 3 atom stereocenters. The van der Waals surface area contributed by atoms with Gasteiger partial charge in [-0.05, 0) is 80.6 Å². The van der Waals surface area contributed by atoms with E-state index >= 15 is 0 Å². The number of benzene rings is 2. The van der Waals surface area contributed by atoms with E-state index in [2.05, 4.69) is 15.5 Å². The third kappa shape index (κ3) is 6.87. The molecule has 3 aromatic rings. The van der Waals surface area contributed by atoms with Crippen LogP contribution in [0, 0.1) is 17.2 Å². The molecular formula is C32H33N5O5S. The van der Waals surface area contributed by atoms with Crippen LogP contribution in [0.3, 0.4) is 0 Å². The maximum atomic E-state index is 13.4. The summed E-state index contributed by atoms with van der Waals surface area (Å²) in [5.41, 5.74) is 2.15. The molecule has 1 aliphatic carbocycles. The lowest BCUT2D eigenvalue weighted by atomic mass is 10.0. The standard InChI is InChI=1S/C32H33N5O5S/c1-19-18-37(32(42)23-9-10-23)20(2)17-36(19)27-12-11-24(31(41)35-26(15-29(38)39)28-4-3-13-43-28)14-25(27)34-30(40)22-7-5-21(16-33)6-8-22/h3-8,11-14,19-20,23,26H,9-10,15,17-18H2,1-2H3,(H,34,40)(H,35,41)(H,38,39). The molecule has 2 fully saturated rings. The summed E-state index contributed by atoms with van der Waals surface area (Å²) in [5.74, 6) is -1.59. The molecule has 2 heterocycles. The van der Waals surface area contributed by atoms with Gasteiger partial charge in [-0.1, -0.05) is 6.07 Å². The van der Waals surface area contributed by atoms with Crippen LogP contribution in [0.25, 0.3) is 0 Å². The monoisotopic (exact) mass is 599 g/mol. The highest BCUT2D eigenvalue weighted by Crippen LogP contribution is 2.36. The Kier molecular flexibility index (Phi) is 8.78. The number of piperazine rings is 1. The number of amides is 3. The number of hydrogen-bond acceptors (Lipinski definition) is 7. The number of aliphatic carboxylic acids is 1. The van der Waals surface area contributed by atoms with Gasteiger partial charge in [0, 0.05) is 47.1 Å². The molecule has 3 N–H and O–H groups in total. The number of nitrogens with one attached hydrogen (secondary N) is 2. The second kappa shape index (κ2) is 12.7. The first kappa shape index (κ1) is 29.8. The normalized spacial score (nSPS) is 18.8. The number of nitriles is 1. The van der Waals surface area contributed by atoms with E-state index in [4.69, 9.17) is 5.26 Å². The van der Waals surface area contributed by atoms with Crippen molar-refractivity contribution in [2.24, 2.45) is 5.92 Å². The molecule has 1 aromatic heterocycles. The van der Waals surface area contributed by atoms with Gasteiger partial charge in [0.1, 0.15) is 0 Å². The molecule has 2 aliphatic rings. The molecule has 43 heavy (non-hydrogen) atoms. The molecule has 0 spiro atoms. The Labute approximate surface area is 253 Å². The first-order chi connectivity index (χ1) is 20.6. The number of rotatable bonds is 9. The van der Waals surface area contributed by atoms with E-state index in [0.29, 0.717) is 35.6 Å². The van der Waals surface area contributed by atoms with Gasteiger partial charge in [-0.15, -0.1) is 11.3 Å². The fourth-order valence-corrected chi connectivity index (χ4v) is 6.16. The van der Waals surface area contributed by atoms with Crippen LogP contribution >= 0.6 is 11.3 Å². The van der Waals surface area contributed by atoms with Crippen LogP contribution in [0.2, 0.25) is 0 Å². The highest BCUT2D eigenvalue weighted by atomic mass is 32.1. The Morgan fingerprint density at radius 3 is 2.35 bits per heavy atom. The zero-order valence-corrected chi connectivity index (χ0v) is 24.8. The molecule has 222 valence electrons. The minimum absolute atomic E-state index is 0.0445. The van der Waals surface area contributed by atoms with Gasteiger partial charge < -0.3 is 25.5 Å². The molecule has 11 heteroatoms. The molecule has 3 unspecified atom stereocenters. The quantitative estimate of drug-likeness (QED) is 0.325. The fourth-order valence-electron chi connectivity index (χ4n) is 5.38. The Bertz CT molecular complexity index is 1560. The van der Waals surface area contributed by atoms with Crippen molar-refractivity contribution >= 4 is 46.4 Å². The minimum Gasteiger partial charge on any atom is -0.481 e. The number of nitrogens with zero attached hydrogens (tertiary/aromatic N) is 3. The van der Waals surface area contributed by atoms with E-state index in [1.807, 2.05) is 30.2 Å². The lowest BCUT2D eigenvalue weighted by Gasteiger charge is -2.46. The molecule has 2 aromatic carbocycles. The van der Waals surface area contributed by atoms with Crippen LogP contribution in [0.1, 0.15) is 70.3 Å². The van der Waals surface area contributed by atoms with Gasteiger partial charge in [-0.3, -0.25) is 19.2 Å². The van der Waals surface area contributed by atoms with Gasteiger partial charge in [0.2, 0.25) is 5.91 Å². The smallest absolute Gasteiger partial charge is 0.305 e. The molecule has 1 aliphatic heterocycles. The molecular weight excluding hydrogens is 566 g/mol. The number of anilines is 2. The Hall–Kier alpha value is -4.69. The van der Waals surface area contributed by atoms with Gasteiger partial charge in [0.25, 0.3) is 11.8 Å². The number of carbonyl (C=O) groups excluding carboxylic acids is 3. The van der Waals surface area contributed by atoms with Crippen molar-refractivity contribution < 1.29 is 24.3 Å². The van der Waals surface area contributed by atoms with Crippen LogP contribution in [0.15, 0.2) is 60.0 Å². The van der Waals surface area contributed by atoms with Crippen LogP contribution in [-0.2, 0) is 9.59 Å². The van der Waals surface area contributed by atoms with Gasteiger partial charge in [-0.2, -0.15) is 5.26 Å². The lowest BCUT2D eigenvalue weighted by Crippen LogP contribution is -2.58. The average molecular weight is 600 g/mol. The van der Waals surface area contributed by atoms with Crippen LogP contribution in [0.4, 0.5) is 11.4 Å². The molecule has 1 saturated heterocycles. The number of carboxylic acid groups (broad SMARTS) is 1. The summed E-state index contributed by atoms with van der Waals surface area (Å²) in [6, 6.07) is 16.1. The maximum absolute atomic E-state index is 13.4. The van der Waals surface area contributed by atoms with Crippen molar-refractivity contribution in [2.75, 3.05) is 23.3 Å². The van der Waals surface area contributed by atoms with Crippen LogP contribution in [-0.4, -0.2) is 58.9 Å². The Morgan fingerprint density at radius 1 is 1.00 bits per heavy atom. The predicted molar refractivity (Wildman–Crippen MR) is 163 cm³/mol. The molecule has 3 amide bonds. The molecule has 0 radical (unpaired) electrons. The van der Waals surface area contributed by atoms with E-state index in [1.165, 1.54) is 11.3 Å². The van der Waals surface area contributed by atoms with Crippen molar-refractivity contribution in [3.05, 3.63) is 81.5 Å². The van der Waals surface area contributed by atoms with Crippen LogP contribution < -0.4 is 15.5 Å². The number of thiophene rings is 1. The summed E-state index contributed by atoms with van der Waals surface area (Å²) in [5, 5.41) is 26.1. The average Bonchev–Trinajstić information content (AvgIpc) is 3.70. The summed E-state index contributed by atoms with van der Waals surface area (Å²) in [6.07, 6.45) is 1.61. The second-order valence-electron chi connectivity index (χ2n) is 11.1. The van der Waals surface area contributed by atoms with Gasteiger partial charge in [0.15, 0.2) is 0 Å². The van der Waals surface area contributed by atoms with Crippen molar-refractivity contribution in [2.45, 2.75) is 51.2 Å². The summed E-state index contributed by atoms with van der Waals surface area (Å²) in [6.45, 7) is 5.13. The molecule has 5 rings (SSSR count). The van der Waals surface area contributed by atoms with E-state index in [-0.39, 0.29) is 35.9 Å². The zero-order chi connectivity index (χ0) is 30.7. The maximum Gasteiger partial charge on any atom is 0.305 e. The summed E-state index contributed by atoms with van der Waals surface area (Å²) < 4.78 is 0. The van der Waals surface area contributed by atoms with E-state index in [9.17, 15) is 24.3 Å². The summed E-state index contributed by atoms with van der Waals surface area (Å²) in [4.78, 5) is 55.9. The third-order valence-electron chi connectivity index (χ3n) is 7.86. The number of carboxylic acids is 1. The van der Waals surface area contributed by atoms with Gasteiger partial charge >= 0.3 is 5.97 Å². The van der Waals surface area contributed by atoms with Crippen molar-refractivity contribution in [1.29, 1.82) is 5.26 Å². The highest BCUT2D eigenvalue weighted by molar-refractivity contribution is 7.10. The van der Waals surface area contributed by atoms with E-state index in [1.54, 1.807) is 54.6 Å². The molecule has 0 bridgehead atoms. The first-order valence-electron chi connectivity index (χ1n) is 14.2. The van der Waals surface area contributed by atoms with Crippen molar-refractivity contribution in [1.82, 2.24) is 10.2 Å². The summed E-state index contributed by atoms with van der Waals surface area (Å²) >= 11 is 1.36. The fraction of sp³-hybridized carbons (Fsp3) is 0.344. The molecule has 1 saturated carbocycles. The molecule has 10 nitrogen and oxygen atoms in total. The summed E-state index contributed by atoms with van der Waals surface area (Å²) in [7, 11) is 0. The van der Waals surface area contributed by atoms with E-state index < -0.39 is 23.8 Å². The predicted octanol–water partition coefficient (Wildman–Crippen LogP) is 4.65. The number of hydrogen-bond donors (Lipinski definition) is 3. The SMILES string of the molecule is CC1CN(c2ccc(C(=O)NC(CC(=O)O)c3cccs3)cc2NC(=O)c2ccc(C#N)cc2)C(C)CN1C(=O)C1CC1. The topological polar surface area (TPSA) is 143 Å². The second-order valence-corrected chi connectivity index (χ2v) is 12.1.